The number of ether oxygens (including phenoxy) is 1. The molecule has 0 saturated carbocycles. The Morgan fingerprint density at radius 1 is 1.42 bits per heavy atom. The number of rotatable bonds is 4. The molecule has 8 nitrogen and oxygen atoms in total. The fraction of sp³-hybridized carbons (Fsp3) is 0.588. The van der Waals surface area contributed by atoms with Gasteiger partial charge in [0.25, 0.3) is 11.6 Å². The smallest absolute Gasteiger partial charge is 0.269 e. The number of aliphatic hydroxyl groups is 1. The van der Waals surface area contributed by atoms with Crippen LogP contribution >= 0.6 is 0 Å². The van der Waals surface area contributed by atoms with Crippen molar-refractivity contribution in [2.45, 2.75) is 43.7 Å². The van der Waals surface area contributed by atoms with E-state index in [4.69, 9.17) is 4.74 Å². The van der Waals surface area contributed by atoms with Crippen LogP contribution in [0, 0.1) is 16.0 Å². The first-order valence-corrected chi connectivity index (χ1v) is 11.7. The van der Waals surface area contributed by atoms with Crippen LogP contribution in [0.4, 0.5) is 11.4 Å². The maximum absolute atomic E-state index is 13.2. The van der Waals surface area contributed by atoms with Crippen molar-refractivity contribution in [2.24, 2.45) is 5.92 Å². The summed E-state index contributed by atoms with van der Waals surface area (Å²) in [7, 11) is -1.11. The molecule has 0 unspecified atom stereocenters. The molecule has 9 heteroatoms. The Balaban J connectivity index is 2.20. The molecule has 1 amide bonds. The summed E-state index contributed by atoms with van der Waals surface area (Å²) in [5.41, 5.74) is -0.710. The lowest BCUT2D eigenvalue weighted by molar-refractivity contribution is -0.385. The second-order valence-electron chi connectivity index (χ2n) is 7.70. The van der Waals surface area contributed by atoms with Crippen molar-refractivity contribution in [1.82, 2.24) is 0 Å². The number of nitro benzene ring substituents is 1. The fourth-order valence-electron chi connectivity index (χ4n) is 4.68. The normalized spacial score (nSPS) is 30.9. The van der Waals surface area contributed by atoms with E-state index >= 15 is 0 Å². The van der Waals surface area contributed by atoms with Gasteiger partial charge in [-0.1, -0.05) is 6.92 Å². The summed E-state index contributed by atoms with van der Waals surface area (Å²) >= 11 is 0. The van der Waals surface area contributed by atoms with Crippen LogP contribution in [0.3, 0.4) is 0 Å². The monoisotopic (exact) mass is 380 g/mol. The van der Waals surface area contributed by atoms with Crippen molar-refractivity contribution < 1.29 is 24.4 Å². The molecule has 3 rings (SSSR count). The number of non-ortho nitro benzene ring substituents is 1. The van der Waals surface area contributed by atoms with Gasteiger partial charge in [0.05, 0.1) is 16.7 Å². The van der Waals surface area contributed by atoms with E-state index in [2.05, 4.69) is 0 Å². The molecule has 1 spiro atoms. The predicted octanol–water partition coefficient (Wildman–Crippen LogP) is 1.75. The molecule has 2 heterocycles. The van der Waals surface area contributed by atoms with E-state index in [1.807, 2.05) is 6.92 Å². The number of aliphatic hydroxyl groups excluding tert-OH is 1. The van der Waals surface area contributed by atoms with Crippen LogP contribution in [-0.4, -0.2) is 48.8 Å². The molecule has 2 N–H and O–H groups in total. The van der Waals surface area contributed by atoms with Gasteiger partial charge in [-0.3, -0.25) is 14.9 Å². The predicted molar refractivity (Wildman–Crippen MR) is 97.4 cm³/mol. The number of fused-ring (bicyclic) bond motifs is 2. The van der Waals surface area contributed by atoms with Gasteiger partial charge in [0.15, 0.2) is 13.9 Å². The van der Waals surface area contributed by atoms with Crippen molar-refractivity contribution in [3.63, 3.8) is 0 Å². The zero-order chi connectivity index (χ0) is 19.4. The number of anilines is 1. The maximum atomic E-state index is 13.2. The average molecular weight is 380 g/mol. The highest BCUT2D eigenvalue weighted by molar-refractivity contribution is 6.71. The van der Waals surface area contributed by atoms with Crippen LogP contribution in [0.1, 0.15) is 18.9 Å². The van der Waals surface area contributed by atoms with E-state index in [9.17, 15) is 24.8 Å². The summed E-state index contributed by atoms with van der Waals surface area (Å²) in [6.07, 6.45) is -0.182. The number of hydrogen-bond acceptors (Lipinski definition) is 6. The molecule has 0 aliphatic carbocycles. The van der Waals surface area contributed by atoms with Crippen molar-refractivity contribution >= 4 is 25.6 Å². The van der Waals surface area contributed by atoms with Gasteiger partial charge in [0.2, 0.25) is 0 Å². The lowest BCUT2D eigenvalue weighted by Gasteiger charge is -2.32. The van der Waals surface area contributed by atoms with E-state index in [1.54, 1.807) is 26.2 Å². The second kappa shape index (κ2) is 6.12. The summed E-state index contributed by atoms with van der Waals surface area (Å²) in [4.78, 5) is 36.2. The summed E-state index contributed by atoms with van der Waals surface area (Å²) in [5.74, 6) is -0.659. The van der Waals surface area contributed by atoms with Crippen molar-refractivity contribution in [3.8, 4) is 0 Å². The Morgan fingerprint density at radius 3 is 2.62 bits per heavy atom. The van der Waals surface area contributed by atoms with Crippen LogP contribution in [-0.2, 0) is 15.1 Å². The number of likely N-dealkylation sites (N-methyl/N-ethyl adjacent to an activating group) is 1. The van der Waals surface area contributed by atoms with Gasteiger partial charge < -0.3 is 19.5 Å². The Morgan fingerprint density at radius 2 is 2.08 bits per heavy atom. The third-order valence-corrected chi connectivity index (χ3v) is 8.23. The fourth-order valence-corrected chi connectivity index (χ4v) is 7.28. The highest BCUT2D eigenvalue weighted by Gasteiger charge is 2.65. The molecular weight excluding hydrogens is 356 g/mol. The third-order valence-electron chi connectivity index (χ3n) is 5.72. The third kappa shape index (κ3) is 2.49. The van der Waals surface area contributed by atoms with E-state index in [1.165, 1.54) is 17.0 Å². The summed E-state index contributed by atoms with van der Waals surface area (Å²) in [6, 6.07) is 4.33. The summed E-state index contributed by atoms with van der Waals surface area (Å²) in [6.45, 7) is 5.31. The summed E-state index contributed by atoms with van der Waals surface area (Å²) < 4.78 is 6.25. The van der Waals surface area contributed by atoms with Crippen LogP contribution in [0.5, 0.6) is 0 Å². The highest BCUT2D eigenvalue weighted by Crippen LogP contribution is 2.59. The molecule has 4 atom stereocenters. The molecule has 142 valence electrons. The molecule has 0 radical (unpaired) electrons. The number of hydrogen-bond donors (Lipinski definition) is 2. The lowest BCUT2D eigenvalue weighted by atomic mass is 9.82. The minimum Gasteiger partial charge on any atom is -0.432 e. The Labute approximate surface area is 152 Å². The molecule has 2 aliphatic rings. The van der Waals surface area contributed by atoms with Gasteiger partial charge in [-0.05, 0) is 25.6 Å². The zero-order valence-electron chi connectivity index (χ0n) is 15.3. The molecule has 1 aromatic carbocycles. The van der Waals surface area contributed by atoms with Gasteiger partial charge in [0.1, 0.15) is 0 Å². The van der Waals surface area contributed by atoms with E-state index in [-0.39, 0.29) is 29.7 Å². The van der Waals surface area contributed by atoms with E-state index in [0.29, 0.717) is 17.7 Å². The van der Waals surface area contributed by atoms with Crippen LogP contribution in [0.15, 0.2) is 18.2 Å². The first-order valence-electron chi connectivity index (χ1n) is 8.63. The van der Waals surface area contributed by atoms with Gasteiger partial charge in [-0.2, -0.15) is 0 Å². The minimum atomic E-state index is -2.73. The molecule has 1 aromatic rings. The van der Waals surface area contributed by atoms with Crippen molar-refractivity contribution in [2.75, 3.05) is 18.6 Å². The molecule has 0 bridgehead atoms. The maximum Gasteiger partial charge on any atom is 0.269 e. The van der Waals surface area contributed by atoms with Gasteiger partial charge in [-0.25, -0.2) is 0 Å². The molecule has 1 saturated heterocycles. The van der Waals surface area contributed by atoms with E-state index < -0.39 is 24.9 Å². The minimum absolute atomic E-state index is 0.107. The largest absolute Gasteiger partial charge is 0.432 e. The SMILES string of the molecule is C[C@@H]1[C@@H]([Si](C)(C)O)[C@H](CCO)O[C@@]12C(=O)N(C)c1ccc([N+](=O)[O-])cc12. The number of nitrogens with zero attached hydrogens (tertiary/aromatic N) is 2. The topological polar surface area (TPSA) is 113 Å². The van der Waals surface area contributed by atoms with Crippen LogP contribution in [0.25, 0.3) is 0 Å². The Kier molecular flexibility index (Phi) is 4.46. The average Bonchev–Trinajstić information content (AvgIpc) is 2.96. The van der Waals surface area contributed by atoms with Crippen molar-refractivity contribution in [3.05, 3.63) is 33.9 Å². The molecule has 26 heavy (non-hydrogen) atoms. The van der Waals surface area contributed by atoms with E-state index in [0.717, 1.165) is 0 Å². The zero-order valence-corrected chi connectivity index (χ0v) is 16.3. The van der Waals surface area contributed by atoms with Crippen LogP contribution < -0.4 is 4.90 Å². The molecule has 0 aromatic heterocycles. The van der Waals surface area contributed by atoms with Crippen LogP contribution in [0.2, 0.25) is 18.6 Å². The summed E-state index contributed by atoms with van der Waals surface area (Å²) in [5, 5.41) is 20.7. The van der Waals surface area contributed by atoms with Gasteiger partial charge in [-0.15, -0.1) is 0 Å². The number of carbonyl (C=O) groups excluding carboxylic acids is 1. The molecule has 2 aliphatic heterocycles. The molecule has 1 fully saturated rings. The quantitative estimate of drug-likeness (QED) is 0.467. The number of benzene rings is 1. The standard InChI is InChI=1S/C17H24N2O6Si/c1-10-15(26(3,4)24)14(7-8-20)25-17(10)12-9-11(19(22)23)5-6-13(12)18(2)16(17)21/h5-6,9-10,14-15,20,24H,7-8H2,1-4H3/t10-,14+,15-,17+/m1/s1. The van der Waals surface area contributed by atoms with Gasteiger partial charge in [0, 0.05) is 42.8 Å². The Hall–Kier alpha value is -1.81. The Bertz CT molecular complexity index is 764. The van der Waals surface area contributed by atoms with Crippen molar-refractivity contribution in [1.29, 1.82) is 0 Å². The number of amides is 1. The lowest BCUT2D eigenvalue weighted by Crippen LogP contribution is -2.45. The first kappa shape index (κ1) is 19.0. The number of nitro groups is 1. The second-order valence-corrected chi connectivity index (χ2v) is 11.7. The first-order chi connectivity index (χ1) is 12.1. The van der Waals surface area contributed by atoms with Gasteiger partial charge >= 0.3 is 0 Å². The molecular formula is C17H24N2O6Si. The highest BCUT2D eigenvalue weighted by atomic mass is 28.4. The number of carbonyl (C=O) groups is 1.